The van der Waals surface area contributed by atoms with Crippen molar-refractivity contribution in [3.63, 3.8) is 0 Å². The first-order chi connectivity index (χ1) is 13.0. The van der Waals surface area contributed by atoms with Gasteiger partial charge >= 0.3 is 0 Å². The maximum atomic E-state index is 14.3. The number of benzene rings is 2. The zero-order valence-electron chi connectivity index (χ0n) is 15.3. The van der Waals surface area contributed by atoms with Gasteiger partial charge in [-0.2, -0.15) is 0 Å². The molecule has 1 heterocycles. The fourth-order valence-corrected chi connectivity index (χ4v) is 3.28. The minimum Gasteiger partial charge on any atom is -0.411 e. The molecule has 0 amide bonds. The van der Waals surface area contributed by atoms with Crippen molar-refractivity contribution in [2.24, 2.45) is 10.1 Å². The lowest BCUT2D eigenvalue weighted by molar-refractivity contribution is 0.318. The molecule has 0 saturated carbocycles. The second kappa shape index (κ2) is 8.50. The van der Waals surface area contributed by atoms with Gasteiger partial charge in [0.05, 0.1) is 17.9 Å². The summed E-state index contributed by atoms with van der Waals surface area (Å²) < 4.78 is 14.3. The molecule has 1 aliphatic heterocycles. The van der Waals surface area contributed by atoms with Gasteiger partial charge in [-0.25, -0.2) is 4.39 Å². The molecule has 0 fully saturated rings. The predicted molar refractivity (Wildman–Crippen MR) is 108 cm³/mol. The molecule has 0 aliphatic carbocycles. The number of anilines is 1. The van der Waals surface area contributed by atoms with E-state index in [9.17, 15) is 9.60 Å². The molecule has 3 rings (SSSR count). The van der Waals surface area contributed by atoms with Gasteiger partial charge in [-0.05, 0) is 49.5 Å². The highest BCUT2D eigenvalue weighted by molar-refractivity contribution is 6.30. The highest BCUT2D eigenvalue weighted by atomic mass is 35.5. The lowest BCUT2D eigenvalue weighted by Gasteiger charge is -2.10. The van der Waals surface area contributed by atoms with Crippen LogP contribution in [0.5, 0.6) is 0 Å². The Kier molecular flexibility index (Phi) is 6.08. The Morgan fingerprint density at radius 2 is 2.11 bits per heavy atom. The quantitative estimate of drug-likeness (QED) is 0.449. The van der Waals surface area contributed by atoms with Gasteiger partial charge in [0.25, 0.3) is 0 Å². The smallest absolute Gasteiger partial charge is 0.147 e. The maximum absolute atomic E-state index is 14.3. The monoisotopic (exact) mass is 388 g/mol. The Balaban J connectivity index is 1.87. The molecular formula is C20H22ClFN4O. The third kappa shape index (κ3) is 4.64. The summed E-state index contributed by atoms with van der Waals surface area (Å²) in [7, 11) is 3.96. The van der Waals surface area contributed by atoms with Crippen molar-refractivity contribution in [2.45, 2.75) is 12.8 Å². The predicted octanol–water partition coefficient (Wildman–Crippen LogP) is 3.83. The van der Waals surface area contributed by atoms with Crippen LogP contribution in [0.1, 0.15) is 16.7 Å². The highest BCUT2D eigenvalue weighted by Gasteiger charge is 2.25. The fraction of sp³-hybridized carbons (Fsp3) is 0.300. The Bertz CT molecular complexity index is 896. The summed E-state index contributed by atoms with van der Waals surface area (Å²) in [6, 6.07) is 10.4. The summed E-state index contributed by atoms with van der Waals surface area (Å²) in [5, 5.41) is 16.7. The molecule has 7 heteroatoms. The largest absolute Gasteiger partial charge is 0.411 e. The van der Waals surface area contributed by atoms with E-state index in [1.807, 2.05) is 37.2 Å². The number of oxime groups is 1. The molecule has 0 aromatic heterocycles. The third-order valence-corrected chi connectivity index (χ3v) is 4.65. The number of nitrogens with zero attached hydrogens (tertiary/aromatic N) is 3. The second-order valence-corrected chi connectivity index (χ2v) is 7.17. The van der Waals surface area contributed by atoms with Gasteiger partial charge in [-0.15, -0.1) is 0 Å². The lowest BCUT2D eigenvalue weighted by Crippen LogP contribution is -2.17. The van der Waals surface area contributed by atoms with Gasteiger partial charge < -0.3 is 15.4 Å². The summed E-state index contributed by atoms with van der Waals surface area (Å²) in [6.45, 7) is 1.44. The number of likely N-dealkylation sites (N-methyl/N-ethyl adjacent to an activating group) is 1. The molecule has 0 atom stereocenters. The summed E-state index contributed by atoms with van der Waals surface area (Å²) in [6.07, 6.45) is 0.868. The second-order valence-electron chi connectivity index (χ2n) is 6.74. The highest BCUT2D eigenvalue weighted by Crippen LogP contribution is 2.31. The van der Waals surface area contributed by atoms with Crippen LogP contribution < -0.4 is 5.32 Å². The van der Waals surface area contributed by atoms with Gasteiger partial charge in [-0.3, -0.25) is 4.99 Å². The molecule has 5 nitrogen and oxygen atoms in total. The molecule has 0 unspecified atom stereocenters. The van der Waals surface area contributed by atoms with E-state index in [4.69, 9.17) is 11.6 Å². The third-order valence-electron chi connectivity index (χ3n) is 4.42. The van der Waals surface area contributed by atoms with Crippen LogP contribution in [0.3, 0.4) is 0 Å². The van der Waals surface area contributed by atoms with Crippen LogP contribution in [0.4, 0.5) is 10.1 Å². The van der Waals surface area contributed by atoms with Crippen LogP contribution in [0.25, 0.3) is 0 Å². The van der Waals surface area contributed by atoms with Crippen LogP contribution in [-0.2, 0) is 12.8 Å². The molecule has 27 heavy (non-hydrogen) atoms. The minimum atomic E-state index is -0.341. The molecule has 142 valence electrons. The van der Waals surface area contributed by atoms with Crippen molar-refractivity contribution >= 4 is 28.8 Å². The summed E-state index contributed by atoms with van der Waals surface area (Å²) in [5.74, 6) is 0.379. The number of hydrogen-bond donors (Lipinski definition) is 2. The standard InChI is InChI=1S/C20H22ClFN4O/c1-26(2)9-8-23-19-12-16-15(6-7-17(22)20(16)24-19)18(25-27)11-13-4-3-5-14(21)10-13/h3-7,10,27H,8-9,11-12H2,1-2H3,(H,23,24)/b25-18+. The first kappa shape index (κ1) is 19.3. The van der Waals surface area contributed by atoms with Crippen molar-refractivity contribution in [2.75, 3.05) is 32.5 Å². The van der Waals surface area contributed by atoms with Gasteiger partial charge in [0.2, 0.25) is 0 Å². The van der Waals surface area contributed by atoms with Crippen molar-refractivity contribution in [1.82, 2.24) is 4.90 Å². The van der Waals surface area contributed by atoms with Crippen LogP contribution in [0.2, 0.25) is 5.02 Å². The molecule has 0 spiro atoms. The molecule has 2 N–H and O–H groups in total. The van der Waals surface area contributed by atoms with Crippen molar-refractivity contribution in [1.29, 1.82) is 0 Å². The van der Waals surface area contributed by atoms with Crippen molar-refractivity contribution < 1.29 is 9.60 Å². The summed E-state index contributed by atoms with van der Waals surface area (Å²) in [4.78, 5) is 6.56. The van der Waals surface area contributed by atoms with Gasteiger partial charge in [0, 0.05) is 30.0 Å². The van der Waals surface area contributed by atoms with E-state index in [-0.39, 0.29) is 5.82 Å². The van der Waals surface area contributed by atoms with E-state index in [0.29, 0.717) is 41.4 Å². The van der Waals surface area contributed by atoms with Crippen LogP contribution in [0, 0.1) is 5.82 Å². The first-order valence-electron chi connectivity index (χ1n) is 8.70. The number of hydrogen-bond acceptors (Lipinski definition) is 4. The number of rotatable bonds is 6. The molecule has 0 radical (unpaired) electrons. The Hall–Kier alpha value is -2.44. The summed E-state index contributed by atoms with van der Waals surface area (Å²) in [5.41, 5.74) is 3.25. The van der Waals surface area contributed by atoms with E-state index in [2.05, 4.69) is 15.5 Å². The van der Waals surface area contributed by atoms with Crippen LogP contribution in [0.15, 0.2) is 46.5 Å². The first-order valence-corrected chi connectivity index (χ1v) is 9.08. The lowest BCUT2D eigenvalue weighted by atomic mass is 9.96. The number of nitrogens with one attached hydrogen (secondary N) is 1. The Morgan fingerprint density at radius 1 is 1.30 bits per heavy atom. The minimum absolute atomic E-state index is 0.341. The van der Waals surface area contributed by atoms with E-state index in [0.717, 1.165) is 23.5 Å². The molecular weight excluding hydrogens is 367 g/mol. The van der Waals surface area contributed by atoms with Crippen LogP contribution >= 0.6 is 11.6 Å². The van der Waals surface area contributed by atoms with Gasteiger partial charge in [-0.1, -0.05) is 28.9 Å². The topological polar surface area (TPSA) is 60.2 Å². The fourth-order valence-electron chi connectivity index (χ4n) is 3.07. The number of amidine groups is 1. The average Bonchev–Trinajstić information content (AvgIpc) is 3.05. The zero-order valence-corrected chi connectivity index (χ0v) is 16.1. The normalized spacial score (nSPS) is 15.3. The van der Waals surface area contributed by atoms with Crippen molar-refractivity contribution in [3.8, 4) is 0 Å². The molecule has 1 aliphatic rings. The SMILES string of the molecule is CN(C)CCN=C1Cc2c(/C(Cc3cccc(Cl)c3)=N/O)ccc(F)c2N1. The Labute approximate surface area is 163 Å². The van der Waals surface area contributed by atoms with E-state index in [1.165, 1.54) is 6.07 Å². The molecule has 2 aromatic rings. The van der Waals surface area contributed by atoms with E-state index in [1.54, 1.807) is 12.1 Å². The van der Waals surface area contributed by atoms with Gasteiger partial charge in [0.1, 0.15) is 11.7 Å². The van der Waals surface area contributed by atoms with Gasteiger partial charge in [0.15, 0.2) is 0 Å². The van der Waals surface area contributed by atoms with E-state index >= 15 is 0 Å². The van der Waals surface area contributed by atoms with E-state index < -0.39 is 0 Å². The maximum Gasteiger partial charge on any atom is 0.147 e. The molecule has 0 saturated heterocycles. The summed E-state index contributed by atoms with van der Waals surface area (Å²) >= 11 is 6.04. The Morgan fingerprint density at radius 3 is 2.81 bits per heavy atom. The molecule has 0 bridgehead atoms. The number of fused-ring (bicyclic) bond motifs is 1. The zero-order chi connectivity index (χ0) is 19.4. The van der Waals surface area contributed by atoms with Crippen molar-refractivity contribution in [3.05, 3.63) is 63.9 Å². The number of halogens is 2. The average molecular weight is 389 g/mol. The number of aliphatic imine (C=N–C) groups is 1. The van der Waals surface area contributed by atoms with Crippen LogP contribution in [-0.4, -0.2) is 48.8 Å². The molecule has 2 aromatic carbocycles.